The van der Waals surface area contributed by atoms with Crippen LogP contribution in [0.3, 0.4) is 0 Å². The van der Waals surface area contributed by atoms with Crippen LogP contribution in [0.5, 0.6) is 0 Å². The molecule has 11 aromatic rings. The molecule has 2 aromatic heterocycles. The third-order valence-corrected chi connectivity index (χ3v) is 11.3. The molecule has 2 heteroatoms. The lowest BCUT2D eigenvalue weighted by Crippen LogP contribution is -1.97. The molecule has 0 aliphatic rings. The van der Waals surface area contributed by atoms with Crippen molar-refractivity contribution in [3.05, 3.63) is 218 Å². The van der Waals surface area contributed by atoms with Gasteiger partial charge in [0.15, 0.2) is 0 Å². The van der Waals surface area contributed by atoms with Crippen LogP contribution in [-0.2, 0) is 0 Å². The Bertz CT molecular complexity index is 3110. The lowest BCUT2D eigenvalue weighted by atomic mass is 9.96. The molecule has 0 saturated heterocycles. The SMILES string of the molecule is c1ccc(-c2ccc3c(c2)c2cc(-c4ccccc4)ccc2n3-c2ccccc2-c2ccc(-c3cccc4c3c3ccccc3n4-c3ccccc3)cc2)cc1. The smallest absolute Gasteiger partial charge is 0.0547 e. The van der Waals surface area contributed by atoms with E-state index in [2.05, 4.69) is 228 Å². The van der Waals surface area contributed by atoms with Crippen molar-refractivity contribution in [1.29, 1.82) is 0 Å². The minimum atomic E-state index is 1.16. The molecule has 0 radical (unpaired) electrons. The van der Waals surface area contributed by atoms with Crippen molar-refractivity contribution in [3.8, 4) is 55.9 Å². The van der Waals surface area contributed by atoms with Crippen LogP contribution in [0.1, 0.15) is 0 Å². The number of benzene rings is 9. The Kier molecular flexibility index (Phi) is 7.53. The number of hydrogen-bond donors (Lipinski definition) is 0. The fourth-order valence-electron chi connectivity index (χ4n) is 8.76. The molecule has 0 aliphatic carbocycles. The van der Waals surface area contributed by atoms with Crippen molar-refractivity contribution in [2.24, 2.45) is 0 Å². The summed E-state index contributed by atoms with van der Waals surface area (Å²) in [6, 6.07) is 79.3. The zero-order valence-electron chi connectivity index (χ0n) is 30.7. The molecule has 0 spiro atoms. The summed E-state index contributed by atoms with van der Waals surface area (Å²) in [5, 5.41) is 5.02. The van der Waals surface area contributed by atoms with Crippen molar-refractivity contribution in [3.63, 3.8) is 0 Å². The molecule has 0 amide bonds. The molecular weight excluding hydrogens is 677 g/mol. The van der Waals surface area contributed by atoms with Gasteiger partial charge in [0.1, 0.15) is 0 Å². The van der Waals surface area contributed by atoms with Gasteiger partial charge < -0.3 is 9.13 Å². The molecule has 2 heterocycles. The van der Waals surface area contributed by atoms with E-state index in [-0.39, 0.29) is 0 Å². The minimum absolute atomic E-state index is 1.16. The average Bonchev–Trinajstić information content (AvgIpc) is 3.79. The summed E-state index contributed by atoms with van der Waals surface area (Å²) in [6.07, 6.45) is 0. The van der Waals surface area contributed by atoms with E-state index in [0.29, 0.717) is 0 Å². The Hall–Kier alpha value is -7.42. The maximum absolute atomic E-state index is 2.45. The Labute approximate surface area is 325 Å². The van der Waals surface area contributed by atoms with Gasteiger partial charge in [0, 0.05) is 32.8 Å². The van der Waals surface area contributed by atoms with Crippen LogP contribution in [0.15, 0.2) is 218 Å². The predicted molar refractivity (Wildman–Crippen MR) is 237 cm³/mol. The average molecular weight is 713 g/mol. The largest absolute Gasteiger partial charge is 0.309 e. The molecule has 56 heavy (non-hydrogen) atoms. The van der Waals surface area contributed by atoms with Gasteiger partial charge in [-0.2, -0.15) is 0 Å². The third kappa shape index (κ3) is 5.19. The second kappa shape index (κ2) is 13.2. The van der Waals surface area contributed by atoms with Gasteiger partial charge in [-0.3, -0.25) is 0 Å². The van der Waals surface area contributed by atoms with Crippen molar-refractivity contribution < 1.29 is 0 Å². The van der Waals surface area contributed by atoms with Gasteiger partial charge in [0.2, 0.25) is 0 Å². The van der Waals surface area contributed by atoms with Gasteiger partial charge in [-0.15, -0.1) is 0 Å². The van der Waals surface area contributed by atoms with E-state index in [1.165, 1.54) is 93.8 Å². The molecule has 2 nitrogen and oxygen atoms in total. The molecule has 0 bridgehead atoms. The van der Waals surface area contributed by atoms with Crippen LogP contribution in [0.4, 0.5) is 0 Å². The molecule has 11 rings (SSSR count). The summed E-state index contributed by atoms with van der Waals surface area (Å²) in [6.45, 7) is 0. The quantitative estimate of drug-likeness (QED) is 0.162. The first-order valence-corrected chi connectivity index (χ1v) is 19.3. The maximum atomic E-state index is 2.45. The number of nitrogens with zero attached hydrogens (tertiary/aromatic N) is 2. The van der Waals surface area contributed by atoms with Gasteiger partial charge in [-0.1, -0.05) is 164 Å². The highest BCUT2D eigenvalue weighted by atomic mass is 15.0. The molecule has 0 unspecified atom stereocenters. The Morgan fingerprint density at radius 1 is 0.250 bits per heavy atom. The van der Waals surface area contributed by atoms with Crippen LogP contribution in [0, 0.1) is 0 Å². The van der Waals surface area contributed by atoms with Crippen LogP contribution < -0.4 is 0 Å². The third-order valence-electron chi connectivity index (χ3n) is 11.3. The van der Waals surface area contributed by atoms with Crippen molar-refractivity contribution >= 4 is 43.6 Å². The van der Waals surface area contributed by atoms with E-state index in [1.54, 1.807) is 0 Å². The summed E-state index contributed by atoms with van der Waals surface area (Å²) in [4.78, 5) is 0. The zero-order chi connectivity index (χ0) is 37.0. The van der Waals surface area contributed by atoms with E-state index < -0.39 is 0 Å². The van der Waals surface area contributed by atoms with Crippen molar-refractivity contribution in [2.75, 3.05) is 0 Å². The lowest BCUT2D eigenvalue weighted by molar-refractivity contribution is 1.18. The number of aromatic nitrogens is 2. The van der Waals surface area contributed by atoms with E-state index in [0.717, 1.165) is 5.69 Å². The van der Waals surface area contributed by atoms with E-state index in [9.17, 15) is 0 Å². The second-order valence-electron chi connectivity index (χ2n) is 14.5. The number of rotatable bonds is 6. The Morgan fingerprint density at radius 2 is 0.714 bits per heavy atom. The van der Waals surface area contributed by atoms with Crippen molar-refractivity contribution in [2.45, 2.75) is 0 Å². The minimum Gasteiger partial charge on any atom is -0.309 e. The highest BCUT2D eigenvalue weighted by molar-refractivity contribution is 6.16. The highest BCUT2D eigenvalue weighted by Gasteiger charge is 2.19. The molecule has 262 valence electrons. The monoisotopic (exact) mass is 712 g/mol. The number of fused-ring (bicyclic) bond motifs is 6. The highest BCUT2D eigenvalue weighted by Crippen LogP contribution is 2.42. The van der Waals surface area contributed by atoms with E-state index in [1.807, 2.05) is 0 Å². The van der Waals surface area contributed by atoms with E-state index >= 15 is 0 Å². The normalized spacial score (nSPS) is 11.6. The first-order valence-electron chi connectivity index (χ1n) is 19.3. The summed E-state index contributed by atoms with van der Waals surface area (Å²) >= 11 is 0. The molecule has 0 fully saturated rings. The fourth-order valence-corrected chi connectivity index (χ4v) is 8.76. The molecule has 0 N–H and O–H groups in total. The summed E-state index contributed by atoms with van der Waals surface area (Å²) in [5.74, 6) is 0. The van der Waals surface area contributed by atoms with Crippen LogP contribution in [0.25, 0.3) is 99.5 Å². The fraction of sp³-hybridized carbons (Fsp3) is 0. The molecule has 0 saturated carbocycles. The molecule has 9 aromatic carbocycles. The van der Waals surface area contributed by atoms with Gasteiger partial charge in [0.05, 0.1) is 27.8 Å². The topological polar surface area (TPSA) is 9.86 Å². The van der Waals surface area contributed by atoms with Gasteiger partial charge in [-0.25, -0.2) is 0 Å². The van der Waals surface area contributed by atoms with Crippen LogP contribution in [-0.4, -0.2) is 9.13 Å². The van der Waals surface area contributed by atoms with Gasteiger partial charge in [0.25, 0.3) is 0 Å². The lowest BCUT2D eigenvalue weighted by Gasteiger charge is -2.15. The maximum Gasteiger partial charge on any atom is 0.0547 e. The molecular formula is C54H36N2. The second-order valence-corrected chi connectivity index (χ2v) is 14.5. The first kappa shape index (κ1) is 32.0. The molecule has 0 aliphatic heterocycles. The first-order chi connectivity index (χ1) is 27.8. The zero-order valence-corrected chi connectivity index (χ0v) is 30.7. The summed E-state index contributed by atoms with van der Waals surface area (Å²) in [5.41, 5.74) is 16.8. The standard InChI is InChI=1S/C54H36N2/c1-4-15-37(16-5-1)41-31-33-51-47(35-41)48-36-42(38-17-6-2-7-18-38)32-34-52(48)56(51)49-24-12-10-21-44(49)39-27-29-40(30-28-39)45-23-14-26-53-54(45)46-22-11-13-25-50(46)55(53)43-19-8-3-9-20-43/h1-36H. The van der Waals surface area contributed by atoms with Crippen molar-refractivity contribution in [1.82, 2.24) is 9.13 Å². The Balaban J connectivity index is 1.07. The number of hydrogen-bond acceptors (Lipinski definition) is 0. The number of para-hydroxylation sites is 3. The Morgan fingerprint density at radius 3 is 1.36 bits per heavy atom. The van der Waals surface area contributed by atoms with Crippen LogP contribution >= 0.6 is 0 Å². The summed E-state index contributed by atoms with van der Waals surface area (Å²) < 4.78 is 4.84. The van der Waals surface area contributed by atoms with E-state index in [4.69, 9.17) is 0 Å². The predicted octanol–water partition coefficient (Wildman–Crippen LogP) is 14.5. The van der Waals surface area contributed by atoms with Gasteiger partial charge >= 0.3 is 0 Å². The van der Waals surface area contributed by atoms with Gasteiger partial charge in [-0.05, 0) is 93.5 Å². The van der Waals surface area contributed by atoms with Crippen LogP contribution in [0.2, 0.25) is 0 Å². The molecule has 0 atom stereocenters. The summed E-state index contributed by atoms with van der Waals surface area (Å²) in [7, 11) is 0.